The van der Waals surface area contributed by atoms with Crippen LogP contribution >= 0.6 is 0 Å². The van der Waals surface area contributed by atoms with E-state index in [2.05, 4.69) is 9.62 Å². The summed E-state index contributed by atoms with van der Waals surface area (Å²) in [6.45, 7) is 0. The van der Waals surface area contributed by atoms with Gasteiger partial charge in [-0.1, -0.05) is 12.1 Å². The first kappa shape index (κ1) is 21.4. The maximum Gasteiger partial charge on any atom is 0.417 e. The van der Waals surface area contributed by atoms with Gasteiger partial charge in [0.2, 0.25) is 0 Å². The van der Waals surface area contributed by atoms with Crippen molar-refractivity contribution in [1.29, 1.82) is 0 Å². The number of hydrogen-bond donors (Lipinski definition) is 1. The van der Waals surface area contributed by atoms with E-state index in [-0.39, 0.29) is 11.7 Å². The van der Waals surface area contributed by atoms with Crippen LogP contribution in [0.2, 0.25) is 0 Å². The summed E-state index contributed by atoms with van der Waals surface area (Å²) in [5, 5.41) is 0. The Bertz CT molecular complexity index is 1000. The van der Waals surface area contributed by atoms with Gasteiger partial charge in [-0.2, -0.15) is 13.2 Å². The van der Waals surface area contributed by atoms with E-state index in [1.807, 2.05) is 14.1 Å². The van der Waals surface area contributed by atoms with Crippen LogP contribution in [0.4, 0.5) is 18.9 Å². The lowest BCUT2D eigenvalue weighted by molar-refractivity contribution is -0.139. The molecule has 2 aromatic carbocycles. The first-order valence-electron chi connectivity index (χ1n) is 9.09. The molecule has 158 valence electrons. The van der Waals surface area contributed by atoms with Gasteiger partial charge in [0.05, 0.1) is 23.3 Å². The summed E-state index contributed by atoms with van der Waals surface area (Å²) in [7, 11) is 1.06. The molecule has 1 atom stereocenters. The minimum atomic E-state index is -4.77. The Morgan fingerprint density at radius 3 is 2.41 bits per heavy atom. The fraction of sp³-hybridized carbons (Fsp3) is 0.400. The highest BCUT2D eigenvalue weighted by molar-refractivity contribution is 7.92. The van der Waals surface area contributed by atoms with Crippen LogP contribution in [0.25, 0.3) is 0 Å². The number of rotatable bonds is 5. The summed E-state index contributed by atoms with van der Waals surface area (Å²) in [6.07, 6.45) is -2.71. The molecule has 0 spiro atoms. The fourth-order valence-electron chi connectivity index (χ4n) is 3.69. The van der Waals surface area contributed by atoms with Crippen molar-refractivity contribution in [3.63, 3.8) is 0 Å². The van der Waals surface area contributed by atoms with Gasteiger partial charge < -0.3 is 9.64 Å². The van der Waals surface area contributed by atoms with Crippen molar-refractivity contribution in [3.05, 3.63) is 53.1 Å². The van der Waals surface area contributed by atoms with Crippen molar-refractivity contribution in [3.8, 4) is 5.75 Å². The summed E-state index contributed by atoms with van der Waals surface area (Å²) in [4.78, 5) is 1.30. The van der Waals surface area contributed by atoms with E-state index in [0.717, 1.165) is 29.7 Å². The maximum atomic E-state index is 13.3. The molecule has 0 fully saturated rings. The van der Waals surface area contributed by atoms with E-state index < -0.39 is 26.7 Å². The molecule has 1 aliphatic carbocycles. The van der Waals surface area contributed by atoms with Gasteiger partial charge in [-0.15, -0.1) is 0 Å². The first-order valence-corrected chi connectivity index (χ1v) is 10.6. The zero-order valence-electron chi connectivity index (χ0n) is 16.4. The molecule has 1 aliphatic rings. The Balaban J connectivity index is 2.03. The third kappa shape index (κ3) is 4.35. The number of nitrogens with zero attached hydrogens (tertiary/aromatic N) is 1. The smallest absolute Gasteiger partial charge is 0.417 e. The minimum absolute atomic E-state index is 0.272. The third-order valence-electron chi connectivity index (χ3n) is 5.23. The van der Waals surface area contributed by atoms with E-state index in [9.17, 15) is 21.6 Å². The van der Waals surface area contributed by atoms with Gasteiger partial charge in [0.1, 0.15) is 5.75 Å². The number of benzene rings is 2. The van der Waals surface area contributed by atoms with E-state index in [1.54, 1.807) is 12.1 Å². The molecule has 9 heteroatoms. The van der Waals surface area contributed by atoms with E-state index >= 15 is 0 Å². The zero-order valence-corrected chi connectivity index (χ0v) is 17.2. The molecule has 0 aromatic heterocycles. The predicted octanol–water partition coefficient (Wildman–Crippen LogP) is 3.93. The van der Waals surface area contributed by atoms with Gasteiger partial charge in [0.15, 0.2) is 0 Å². The first-order chi connectivity index (χ1) is 13.5. The average Bonchev–Trinajstić information content (AvgIpc) is 2.67. The van der Waals surface area contributed by atoms with Crippen molar-refractivity contribution in [2.24, 2.45) is 0 Å². The molecule has 0 aliphatic heterocycles. The number of anilines is 1. The fourth-order valence-corrected chi connectivity index (χ4v) is 5.01. The molecule has 2 aromatic rings. The minimum Gasteiger partial charge on any atom is -0.496 e. The lowest BCUT2D eigenvalue weighted by Crippen LogP contribution is -2.34. The quantitative estimate of drug-likeness (QED) is 0.784. The van der Waals surface area contributed by atoms with Gasteiger partial charge in [0.25, 0.3) is 10.0 Å². The monoisotopic (exact) mass is 428 g/mol. The van der Waals surface area contributed by atoms with Crippen molar-refractivity contribution in [2.45, 2.75) is 36.4 Å². The van der Waals surface area contributed by atoms with E-state index in [4.69, 9.17) is 4.74 Å². The van der Waals surface area contributed by atoms with Crippen LogP contribution in [-0.4, -0.2) is 40.6 Å². The van der Waals surface area contributed by atoms with Gasteiger partial charge in [-0.3, -0.25) is 4.72 Å². The summed E-state index contributed by atoms with van der Waals surface area (Å²) >= 11 is 0. The number of ether oxygens (including phenoxy) is 1. The molecule has 3 rings (SSSR count). The number of sulfonamides is 1. The Kier molecular flexibility index (Phi) is 5.82. The molecule has 5 nitrogen and oxygen atoms in total. The van der Waals surface area contributed by atoms with E-state index in [1.165, 1.54) is 19.2 Å². The number of hydrogen-bond acceptors (Lipinski definition) is 4. The largest absolute Gasteiger partial charge is 0.496 e. The SMILES string of the molecule is COc1ccc(NS(=O)(=O)c2ccccc2C(F)(F)F)c2c1CC(N(C)C)CC2. The lowest BCUT2D eigenvalue weighted by atomic mass is 9.86. The normalized spacial score (nSPS) is 17.1. The lowest BCUT2D eigenvalue weighted by Gasteiger charge is -2.32. The number of fused-ring (bicyclic) bond motifs is 1. The average molecular weight is 428 g/mol. The van der Waals surface area contributed by atoms with Crippen molar-refractivity contribution in [2.75, 3.05) is 25.9 Å². The highest BCUT2D eigenvalue weighted by atomic mass is 32.2. The number of methoxy groups -OCH3 is 1. The standard InChI is InChI=1S/C20H23F3N2O3S/c1-25(2)13-8-9-14-15(12-13)18(28-3)11-10-17(14)24-29(26,27)19-7-5-4-6-16(19)20(21,22)23/h4-7,10-11,13,24H,8-9,12H2,1-3H3. The van der Waals surface area contributed by atoms with Crippen LogP contribution in [0, 0.1) is 0 Å². The van der Waals surface area contributed by atoms with E-state index in [0.29, 0.717) is 18.6 Å². The number of likely N-dealkylation sites (N-methyl/N-ethyl adjacent to an activating group) is 1. The van der Waals surface area contributed by atoms with Crippen LogP contribution in [0.15, 0.2) is 41.3 Å². The number of alkyl halides is 3. The van der Waals surface area contributed by atoms with Gasteiger partial charge >= 0.3 is 6.18 Å². The highest BCUT2D eigenvalue weighted by Crippen LogP contribution is 2.38. The summed E-state index contributed by atoms with van der Waals surface area (Å²) < 4.78 is 73.4. The zero-order chi connectivity index (χ0) is 21.4. The third-order valence-corrected chi connectivity index (χ3v) is 6.66. The molecule has 0 bridgehead atoms. The van der Waals surface area contributed by atoms with Gasteiger partial charge in [-0.25, -0.2) is 8.42 Å². The Labute approximate surface area is 168 Å². The second-order valence-corrected chi connectivity index (χ2v) is 8.88. The number of nitrogens with one attached hydrogen (secondary N) is 1. The molecule has 1 N–H and O–H groups in total. The second kappa shape index (κ2) is 7.87. The maximum absolute atomic E-state index is 13.3. The predicted molar refractivity (Wildman–Crippen MR) is 105 cm³/mol. The molecular formula is C20H23F3N2O3S. The van der Waals surface area contributed by atoms with Crippen molar-refractivity contribution < 1.29 is 26.3 Å². The van der Waals surface area contributed by atoms with Gasteiger partial charge in [0, 0.05) is 11.6 Å². The molecular weight excluding hydrogens is 405 g/mol. The van der Waals surface area contributed by atoms with Crippen molar-refractivity contribution >= 4 is 15.7 Å². The number of halogens is 3. The van der Waals surface area contributed by atoms with Crippen LogP contribution in [0.1, 0.15) is 23.1 Å². The van der Waals surface area contributed by atoms with Crippen LogP contribution in [0.3, 0.4) is 0 Å². The van der Waals surface area contributed by atoms with Gasteiger partial charge in [-0.05, 0) is 63.2 Å². The molecule has 0 radical (unpaired) electrons. The topological polar surface area (TPSA) is 58.6 Å². The van der Waals surface area contributed by atoms with Crippen molar-refractivity contribution in [1.82, 2.24) is 4.90 Å². The Hall–Kier alpha value is -2.26. The van der Waals surface area contributed by atoms with Crippen LogP contribution < -0.4 is 9.46 Å². The highest BCUT2D eigenvalue weighted by Gasteiger charge is 2.37. The molecule has 0 heterocycles. The molecule has 1 unspecified atom stereocenters. The Morgan fingerprint density at radius 1 is 1.10 bits per heavy atom. The summed E-state index contributed by atoms with van der Waals surface area (Å²) in [5.41, 5.74) is 0.731. The summed E-state index contributed by atoms with van der Waals surface area (Å²) in [5.74, 6) is 0.644. The molecule has 0 saturated heterocycles. The molecule has 0 amide bonds. The van der Waals surface area contributed by atoms with Crippen LogP contribution in [0.5, 0.6) is 5.75 Å². The summed E-state index contributed by atoms with van der Waals surface area (Å²) in [6, 6.07) is 7.62. The van der Waals surface area contributed by atoms with Crippen LogP contribution in [-0.2, 0) is 29.0 Å². The molecule has 0 saturated carbocycles. The molecule has 29 heavy (non-hydrogen) atoms. The Morgan fingerprint density at radius 2 is 1.79 bits per heavy atom. The second-order valence-electron chi connectivity index (χ2n) is 7.23.